The van der Waals surface area contributed by atoms with Crippen molar-refractivity contribution in [3.05, 3.63) is 95.5 Å². The van der Waals surface area contributed by atoms with Crippen LogP contribution >= 0.6 is 62.3 Å². The van der Waals surface area contributed by atoms with Gasteiger partial charge in [0.05, 0.1) is 31.7 Å². The van der Waals surface area contributed by atoms with E-state index in [1.54, 1.807) is 48.5 Å². The van der Waals surface area contributed by atoms with Gasteiger partial charge in [-0.05, 0) is 82.5 Å². The summed E-state index contributed by atoms with van der Waals surface area (Å²) in [6.45, 7) is 2.52. The molecule has 10 heteroatoms. The lowest BCUT2D eigenvalue weighted by Gasteiger charge is -2.15. The molecule has 0 aliphatic carbocycles. The fourth-order valence-electron chi connectivity index (χ4n) is 3.20. The molecular formula is C25H16BrCl4NO4. The Labute approximate surface area is 230 Å². The summed E-state index contributed by atoms with van der Waals surface area (Å²) in [4.78, 5) is 16.8. The lowest BCUT2D eigenvalue weighted by molar-refractivity contribution is -0.129. The number of carbonyl (C=O) groups excluding carboxylic acids is 1. The second-order valence-electron chi connectivity index (χ2n) is 7.26. The third-order valence-electron chi connectivity index (χ3n) is 4.78. The van der Waals surface area contributed by atoms with Crippen molar-refractivity contribution < 1.29 is 19.0 Å². The molecule has 0 fully saturated rings. The molecule has 0 N–H and O–H groups in total. The smallest absolute Gasteiger partial charge is 0.363 e. The summed E-state index contributed by atoms with van der Waals surface area (Å²) in [6, 6.07) is 13.7. The summed E-state index contributed by atoms with van der Waals surface area (Å²) >= 11 is 27.8. The molecule has 0 radical (unpaired) electrons. The van der Waals surface area contributed by atoms with Crippen LogP contribution in [-0.4, -0.2) is 18.5 Å². The van der Waals surface area contributed by atoms with Gasteiger partial charge in [-0.25, -0.2) is 9.79 Å². The number of carbonyl (C=O) groups is 1. The van der Waals surface area contributed by atoms with Crippen LogP contribution in [0.1, 0.15) is 23.6 Å². The number of hydrogen-bond donors (Lipinski definition) is 0. The SMILES string of the molecule is CCOc1cc(/C=C2\N=C(c3ccc(Cl)cc3Cl)OC2=O)cc(Br)c1OCc1ccc(Cl)c(Cl)c1. The Morgan fingerprint density at radius 3 is 2.49 bits per heavy atom. The first-order valence-electron chi connectivity index (χ1n) is 10.3. The van der Waals surface area contributed by atoms with E-state index in [1.807, 2.05) is 13.0 Å². The van der Waals surface area contributed by atoms with Crippen molar-refractivity contribution in [2.75, 3.05) is 6.61 Å². The first kappa shape index (κ1) is 25.9. The van der Waals surface area contributed by atoms with E-state index in [0.29, 0.717) is 53.8 Å². The van der Waals surface area contributed by atoms with Crippen molar-refractivity contribution in [1.29, 1.82) is 0 Å². The van der Waals surface area contributed by atoms with Crippen LogP contribution in [0.4, 0.5) is 0 Å². The highest BCUT2D eigenvalue weighted by atomic mass is 79.9. The van der Waals surface area contributed by atoms with Crippen LogP contribution in [0.2, 0.25) is 20.1 Å². The Morgan fingerprint density at radius 1 is 0.971 bits per heavy atom. The van der Waals surface area contributed by atoms with Gasteiger partial charge in [0, 0.05) is 5.02 Å². The van der Waals surface area contributed by atoms with Gasteiger partial charge in [0.1, 0.15) is 6.61 Å². The van der Waals surface area contributed by atoms with Crippen LogP contribution in [0.15, 0.2) is 63.7 Å². The molecule has 35 heavy (non-hydrogen) atoms. The van der Waals surface area contributed by atoms with E-state index < -0.39 is 5.97 Å². The third-order valence-corrected chi connectivity index (χ3v) is 6.66. The highest BCUT2D eigenvalue weighted by Gasteiger charge is 2.26. The lowest BCUT2D eigenvalue weighted by atomic mass is 10.1. The topological polar surface area (TPSA) is 57.1 Å². The summed E-state index contributed by atoms with van der Waals surface area (Å²) in [7, 11) is 0. The molecular weight excluding hydrogens is 600 g/mol. The molecule has 0 atom stereocenters. The Morgan fingerprint density at radius 2 is 1.77 bits per heavy atom. The van der Waals surface area contributed by atoms with Gasteiger partial charge in [-0.1, -0.05) is 52.5 Å². The molecule has 1 heterocycles. The Balaban J connectivity index is 1.62. The first-order chi connectivity index (χ1) is 16.7. The molecule has 1 aliphatic rings. The lowest BCUT2D eigenvalue weighted by Crippen LogP contribution is -2.06. The first-order valence-corrected chi connectivity index (χ1v) is 12.6. The summed E-state index contributed by atoms with van der Waals surface area (Å²) in [5, 5.41) is 1.71. The zero-order valence-electron chi connectivity index (χ0n) is 18.1. The molecule has 0 saturated heterocycles. The minimum absolute atomic E-state index is 0.105. The Bertz CT molecular complexity index is 1370. The zero-order valence-corrected chi connectivity index (χ0v) is 22.7. The van der Waals surface area contributed by atoms with Crippen molar-refractivity contribution in [2.45, 2.75) is 13.5 Å². The normalized spacial score (nSPS) is 14.2. The quantitative estimate of drug-likeness (QED) is 0.198. The molecule has 0 saturated carbocycles. The number of ether oxygens (including phenoxy) is 3. The minimum Gasteiger partial charge on any atom is -0.490 e. The van der Waals surface area contributed by atoms with Gasteiger partial charge in [0.15, 0.2) is 17.2 Å². The van der Waals surface area contributed by atoms with E-state index in [0.717, 1.165) is 5.56 Å². The van der Waals surface area contributed by atoms with Gasteiger partial charge in [-0.2, -0.15) is 0 Å². The Hall–Kier alpha value is -2.22. The van der Waals surface area contributed by atoms with Gasteiger partial charge in [0.2, 0.25) is 5.90 Å². The number of aliphatic imine (C=N–C) groups is 1. The van der Waals surface area contributed by atoms with E-state index in [9.17, 15) is 4.79 Å². The van der Waals surface area contributed by atoms with Crippen molar-refractivity contribution in [3.8, 4) is 11.5 Å². The maximum absolute atomic E-state index is 12.5. The van der Waals surface area contributed by atoms with Crippen molar-refractivity contribution in [1.82, 2.24) is 0 Å². The van der Waals surface area contributed by atoms with Crippen molar-refractivity contribution in [2.24, 2.45) is 4.99 Å². The van der Waals surface area contributed by atoms with Crippen molar-refractivity contribution >= 4 is 80.3 Å². The molecule has 3 aromatic carbocycles. The van der Waals surface area contributed by atoms with Crippen LogP contribution in [0.3, 0.4) is 0 Å². The maximum Gasteiger partial charge on any atom is 0.363 e. The van der Waals surface area contributed by atoms with Crippen LogP contribution in [0.25, 0.3) is 6.08 Å². The predicted octanol–water partition coefficient (Wildman–Crippen LogP) is 8.38. The predicted molar refractivity (Wildman–Crippen MR) is 143 cm³/mol. The maximum atomic E-state index is 12.5. The summed E-state index contributed by atoms with van der Waals surface area (Å²) in [6.07, 6.45) is 1.59. The molecule has 3 aromatic rings. The number of halogens is 5. The highest BCUT2D eigenvalue weighted by molar-refractivity contribution is 9.10. The molecule has 0 spiro atoms. The molecule has 0 bridgehead atoms. The van der Waals surface area contributed by atoms with Gasteiger partial charge < -0.3 is 14.2 Å². The number of hydrogen-bond acceptors (Lipinski definition) is 5. The summed E-state index contributed by atoms with van der Waals surface area (Å²) in [5.41, 5.74) is 2.08. The Kier molecular flexibility index (Phi) is 8.30. The molecule has 0 amide bonds. The molecule has 5 nitrogen and oxygen atoms in total. The fraction of sp³-hybridized carbons (Fsp3) is 0.120. The van der Waals surface area contributed by atoms with Crippen molar-refractivity contribution in [3.63, 3.8) is 0 Å². The van der Waals surface area contributed by atoms with E-state index in [4.69, 9.17) is 60.6 Å². The zero-order chi connectivity index (χ0) is 25.1. The number of benzene rings is 3. The minimum atomic E-state index is -0.597. The van der Waals surface area contributed by atoms with Crippen LogP contribution < -0.4 is 9.47 Å². The standard InChI is InChI=1S/C25H16BrCl4NO4/c1-2-33-22-10-14(7-17(26)23(22)34-12-13-3-6-18(28)20(30)8-13)9-21-25(32)35-24(31-21)16-5-4-15(27)11-19(16)29/h3-11H,2,12H2,1H3/b21-9-. The van der Waals surface area contributed by atoms with E-state index in [-0.39, 0.29) is 18.2 Å². The van der Waals surface area contributed by atoms with Crippen LogP contribution in [-0.2, 0) is 16.1 Å². The monoisotopic (exact) mass is 613 g/mol. The van der Waals surface area contributed by atoms with Gasteiger partial charge in [0.25, 0.3) is 0 Å². The summed E-state index contributed by atoms with van der Waals surface area (Å²) < 4.78 is 17.7. The average molecular weight is 616 g/mol. The molecule has 4 rings (SSSR count). The second-order valence-corrected chi connectivity index (χ2v) is 9.77. The largest absolute Gasteiger partial charge is 0.490 e. The van der Waals surface area contributed by atoms with E-state index in [2.05, 4.69) is 20.9 Å². The van der Waals surface area contributed by atoms with E-state index in [1.165, 1.54) is 0 Å². The molecule has 180 valence electrons. The van der Waals surface area contributed by atoms with Crippen LogP contribution in [0.5, 0.6) is 11.5 Å². The van der Waals surface area contributed by atoms with Gasteiger partial charge in [-0.3, -0.25) is 0 Å². The third kappa shape index (κ3) is 6.13. The average Bonchev–Trinajstić information content (AvgIpc) is 3.15. The van der Waals surface area contributed by atoms with Crippen LogP contribution in [0, 0.1) is 0 Å². The fourth-order valence-corrected chi connectivity index (χ4v) is 4.59. The molecule has 1 aliphatic heterocycles. The molecule has 0 aromatic heterocycles. The molecule has 0 unspecified atom stereocenters. The number of cyclic esters (lactones) is 1. The highest BCUT2D eigenvalue weighted by Crippen LogP contribution is 2.39. The van der Waals surface area contributed by atoms with E-state index >= 15 is 0 Å². The summed E-state index contributed by atoms with van der Waals surface area (Å²) in [5.74, 6) is 0.505. The number of rotatable bonds is 7. The second kappa shape index (κ2) is 11.2. The number of esters is 1. The van der Waals surface area contributed by atoms with Gasteiger partial charge in [-0.15, -0.1) is 0 Å². The number of nitrogens with zero attached hydrogens (tertiary/aromatic N) is 1. The van der Waals surface area contributed by atoms with Gasteiger partial charge >= 0.3 is 5.97 Å².